The monoisotopic (exact) mass is 396 g/mol. The van der Waals surface area contributed by atoms with Crippen molar-refractivity contribution in [2.75, 3.05) is 19.5 Å². The zero-order chi connectivity index (χ0) is 20.1. The number of nitrogens with one attached hydrogen (secondary N) is 1. The van der Waals surface area contributed by atoms with Crippen LogP contribution in [0.25, 0.3) is 21.8 Å². The minimum atomic E-state index is 0.0313. The Balaban J connectivity index is 1.80. The second-order valence-electron chi connectivity index (χ2n) is 6.80. The standard InChI is InChI=1S/C22H24N2O3S/c1-14(2)12-20(25)23-16-10-8-15(9-11-16)18-13-28-22(24-18)17-6-5-7-19(26-3)21(17)27-4/h5-11,13-14H,12H2,1-4H3,(H,23,25). The number of para-hydroxylation sites is 1. The van der Waals surface area contributed by atoms with Crippen molar-refractivity contribution in [2.45, 2.75) is 20.3 Å². The molecule has 1 aromatic heterocycles. The first-order valence-electron chi connectivity index (χ1n) is 9.09. The largest absolute Gasteiger partial charge is 0.493 e. The number of benzene rings is 2. The van der Waals surface area contributed by atoms with E-state index >= 15 is 0 Å². The highest BCUT2D eigenvalue weighted by Gasteiger charge is 2.15. The van der Waals surface area contributed by atoms with E-state index in [0.717, 1.165) is 27.5 Å². The summed E-state index contributed by atoms with van der Waals surface area (Å²) in [5.41, 5.74) is 3.56. The van der Waals surface area contributed by atoms with Gasteiger partial charge in [-0.05, 0) is 30.2 Å². The van der Waals surface area contributed by atoms with Gasteiger partial charge in [-0.1, -0.05) is 32.0 Å². The third-order valence-corrected chi connectivity index (χ3v) is 5.07. The highest BCUT2D eigenvalue weighted by molar-refractivity contribution is 7.13. The Morgan fingerprint density at radius 2 is 1.86 bits per heavy atom. The van der Waals surface area contributed by atoms with Crippen LogP contribution < -0.4 is 14.8 Å². The number of thiazole rings is 1. The first-order chi connectivity index (χ1) is 13.5. The van der Waals surface area contributed by atoms with Crippen molar-refractivity contribution in [3.63, 3.8) is 0 Å². The highest BCUT2D eigenvalue weighted by Crippen LogP contribution is 2.40. The minimum Gasteiger partial charge on any atom is -0.493 e. The van der Waals surface area contributed by atoms with Gasteiger partial charge in [0, 0.05) is 23.1 Å². The van der Waals surface area contributed by atoms with Crippen LogP contribution in [0.4, 0.5) is 5.69 Å². The number of amides is 1. The molecule has 0 saturated carbocycles. The van der Waals surface area contributed by atoms with E-state index in [1.807, 2.05) is 61.7 Å². The third-order valence-electron chi connectivity index (χ3n) is 4.20. The molecule has 0 spiro atoms. The van der Waals surface area contributed by atoms with Gasteiger partial charge in [0.25, 0.3) is 0 Å². The first-order valence-corrected chi connectivity index (χ1v) is 9.97. The molecule has 0 aliphatic heterocycles. The van der Waals surface area contributed by atoms with Gasteiger partial charge in [0.05, 0.1) is 25.5 Å². The van der Waals surface area contributed by atoms with Crippen molar-refractivity contribution in [1.82, 2.24) is 4.98 Å². The summed E-state index contributed by atoms with van der Waals surface area (Å²) in [6.45, 7) is 4.06. The molecule has 0 aliphatic rings. The normalized spacial score (nSPS) is 10.8. The van der Waals surface area contributed by atoms with E-state index in [0.29, 0.717) is 23.8 Å². The molecule has 28 heavy (non-hydrogen) atoms. The Hall–Kier alpha value is -2.86. The van der Waals surface area contributed by atoms with Gasteiger partial charge in [-0.15, -0.1) is 11.3 Å². The molecule has 0 fully saturated rings. The van der Waals surface area contributed by atoms with E-state index in [1.54, 1.807) is 25.6 Å². The van der Waals surface area contributed by atoms with Crippen LogP contribution >= 0.6 is 11.3 Å². The van der Waals surface area contributed by atoms with E-state index in [9.17, 15) is 4.79 Å². The smallest absolute Gasteiger partial charge is 0.224 e. The van der Waals surface area contributed by atoms with Crippen LogP contribution in [0, 0.1) is 5.92 Å². The number of ether oxygens (including phenoxy) is 2. The predicted octanol–water partition coefficient (Wildman–Crippen LogP) is 5.48. The lowest BCUT2D eigenvalue weighted by Gasteiger charge is -2.10. The van der Waals surface area contributed by atoms with Gasteiger partial charge in [-0.3, -0.25) is 4.79 Å². The lowest BCUT2D eigenvalue weighted by atomic mass is 10.1. The van der Waals surface area contributed by atoms with Crippen LogP contribution in [-0.4, -0.2) is 25.1 Å². The molecule has 0 saturated heterocycles. The molecule has 0 radical (unpaired) electrons. The zero-order valence-corrected chi connectivity index (χ0v) is 17.3. The molecule has 3 rings (SSSR count). The van der Waals surface area contributed by atoms with Crippen molar-refractivity contribution in [3.8, 4) is 33.3 Å². The molecule has 146 valence electrons. The number of hydrogen-bond acceptors (Lipinski definition) is 5. The number of carbonyl (C=O) groups excluding carboxylic acids is 1. The lowest BCUT2D eigenvalue weighted by molar-refractivity contribution is -0.116. The lowest BCUT2D eigenvalue weighted by Crippen LogP contribution is -2.13. The summed E-state index contributed by atoms with van der Waals surface area (Å²) in [5.74, 6) is 1.72. The van der Waals surface area contributed by atoms with E-state index in [4.69, 9.17) is 14.5 Å². The molecule has 1 N–H and O–H groups in total. The first kappa shape index (κ1) is 19.9. The van der Waals surface area contributed by atoms with Crippen LogP contribution in [0.2, 0.25) is 0 Å². The second kappa shape index (κ2) is 8.89. The van der Waals surface area contributed by atoms with E-state index in [-0.39, 0.29) is 5.91 Å². The molecule has 5 nitrogen and oxygen atoms in total. The van der Waals surface area contributed by atoms with Crippen LogP contribution in [-0.2, 0) is 4.79 Å². The van der Waals surface area contributed by atoms with Crippen LogP contribution in [0.15, 0.2) is 47.8 Å². The van der Waals surface area contributed by atoms with Gasteiger partial charge in [0.2, 0.25) is 5.91 Å². The van der Waals surface area contributed by atoms with Gasteiger partial charge in [-0.25, -0.2) is 4.98 Å². The summed E-state index contributed by atoms with van der Waals surface area (Å²) < 4.78 is 10.9. The Morgan fingerprint density at radius 1 is 1.11 bits per heavy atom. The summed E-state index contributed by atoms with van der Waals surface area (Å²) in [6, 6.07) is 13.5. The Labute approximate surface area is 169 Å². The maximum atomic E-state index is 11.9. The third kappa shape index (κ3) is 4.51. The maximum Gasteiger partial charge on any atom is 0.224 e. The van der Waals surface area contributed by atoms with Crippen molar-refractivity contribution in [2.24, 2.45) is 5.92 Å². The highest BCUT2D eigenvalue weighted by atomic mass is 32.1. The molecule has 0 unspecified atom stereocenters. The molecule has 6 heteroatoms. The number of anilines is 1. The molecule has 3 aromatic rings. The molecule has 2 aromatic carbocycles. The molecule has 1 amide bonds. The molecular weight excluding hydrogens is 372 g/mol. The number of rotatable bonds is 7. The summed E-state index contributed by atoms with van der Waals surface area (Å²) in [5, 5.41) is 5.80. The summed E-state index contributed by atoms with van der Waals surface area (Å²) >= 11 is 1.55. The van der Waals surface area contributed by atoms with Crippen LogP contribution in [0.1, 0.15) is 20.3 Å². The Kier molecular flexibility index (Phi) is 6.31. The molecule has 1 heterocycles. The molecule has 0 atom stereocenters. The molecular formula is C22H24N2O3S. The quantitative estimate of drug-likeness (QED) is 0.574. The number of aromatic nitrogens is 1. The Morgan fingerprint density at radius 3 is 2.50 bits per heavy atom. The van der Waals surface area contributed by atoms with Gasteiger partial charge in [0.15, 0.2) is 11.5 Å². The summed E-state index contributed by atoms with van der Waals surface area (Å²) in [4.78, 5) is 16.7. The number of methoxy groups -OCH3 is 2. The van der Waals surface area contributed by atoms with E-state index < -0.39 is 0 Å². The average molecular weight is 397 g/mol. The fraction of sp³-hybridized carbons (Fsp3) is 0.273. The van der Waals surface area contributed by atoms with Crippen LogP contribution in [0.5, 0.6) is 11.5 Å². The minimum absolute atomic E-state index is 0.0313. The maximum absolute atomic E-state index is 11.9. The SMILES string of the molecule is COc1cccc(-c2nc(-c3ccc(NC(=O)CC(C)C)cc3)cs2)c1OC. The molecule has 0 bridgehead atoms. The van der Waals surface area contributed by atoms with E-state index in [2.05, 4.69) is 5.32 Å². The van der Waals surface area contributed by atoms with Gasteiger partial charge in [0.1, 0.15) is 5.01 Å². The fourth-order valence-electron chi connectivity index (χ4n) is 2.89. The van der Waals surface area contributed by atoms with Crippen molar-refractivity contribution >= 4 is 22.9 Å². The summed E-state index contributed by atoms with van der Waals surface area (Å²) in [6.07, 6.45) is 0.513. The van der Waals surface area contributed by atoms with Gasteiger partial charge >= 0.3 is 0 Å². The fourth-order valence-corrected chi connectivity index (χ4v) is 3.74. The van der Waals surface area contributed by atoms with Crippen molar-refractivity contribution in [3.05, 3.63) is 47.8 Å². The van der Waals surface area contributed by atoms with E-state index in [1.165, 1.54) is 0 Å². The summed E-state index contributed by atoms with van der Waals surface area (Å²) in [7, 11) is 3.25. The molecule has 0 aliphatic carbocycles. The van der Waals surface area contributed by atoms with Crippen LogP contribution in [0.3, 0.4) is 0 Å². The van der Waals surface area contributed by atoms with Crippen molar-refractivity contribution in [1.29, 1.82) is 0 Å². The second-order valence-corrected chi connectivity index (χ2v) is 7.66. The van der Waals surface area contributed by atoms with Gasteiger partial charge < -0.3 is 14.8 Å². The zero-order valence-electron chi connectivity index (χ0n) is 16.5. The topological polar surface area (TPSA) is 60.5 Å². The number of nitrogens with zero attached hydrogens (tertiary/aromatic N) is 1. The number of hydrogen-bond donors (Lipinski definition) is 1. The van der Waals surface area contributed by atoms with Crippen molar-refractivity contribution < 1.29 is 14.3 Å². The average Bonchev–Trinajstić information content (AvgIpc) is 3.17. The van der Waals surface area contributed by atoms with Gasteiger partial charge in [-0.2, -0.15) is 0 Å². The number of carbonyl (C=O) groups is 1. The predicted molar refractivity (Wildman–Crippen MR) is 114 cm³/mol. The Bertz CT molecular complexity index is 949.